The number of aryl methyl sites for hydroxylation is 2. The zero-order valence-electron chi connectivity index (χ0n) is 12.4. The summed E-state index contributed by atoms with van der Waals surface area (Å²) in [5, 5.41) is 4.21. The van der Waals surface area contributed by atoms with Gasteiger partial charge in [-0.2, -0.15) is 0 Å². The minimum absolute atomic E-state index is 0.319. The summed E-state index contributed by atoms with van der Waals surface area (Å²) in [5.74, 6) is 0. The Kier molecular flexibility index (Phi) is 5.22. The van der Waals surface area contributed by atoms with Gasteiger partial charge in [-0.1, -0.05) is 48.9 Å². The molecule has 20 heavy (non-hydrogen) atoms. The molecule has 2 aromatic carbocycles. The van der Waals surface area contributed by atoms with Crippen LogP contribution in [0.3, 0.4) is 0 Å². The molecule has 0 heterocycles. The van der Waals surface area contributed by atoms with Gasteiger partial charge in [0.2, 0.25) is 0 Å². The van der Waals surface area contributed by atoms with Gasteiger partial charge < -0.3 is 5.32 Å². The summed E-state index contributed by atoms with van der Waals surface area (Å²) in [6.07, 6.45) is 2.08. The van der Waals surface area contributed by atoms with E-state index in [1.54, 1.807) is 0 Å². The van der Waals surface area contributed by atoms with Crippen LogP contribution in [0.25, 0.3) is 0 Å². The van der Waals surface area contributed by atoms with Gasteiger partial charge in [-0.3, -0.25) is 0 Å². The van der Waals surface area contributed by atoms with Crippen LogP contribution in [-0.4, -0.2) is 7.05 Å². The van der Waals surface area contributed by atoms with Crippen LogP contribution in [0.15, 0.2) is 42.5 Å². The Bertz CT molecular complexity index is 560. The molecule has 0 aliphatic carbocycles. The molecular weight excluding hydrogens is 266 g/mol. The number of rotatable bonds is 5. The average molecular weight is 288 g/mol. The summed E-state index contributed by atoms with van der Waals surface area (Å²) in [6.45, 7) is 4.30. The Hall–Kier alpha value is -1.31. The maximum absolute atomic E-state index is 6.04. The van der Waals surface area contributed by atoms with E-state index in [0.717, 1.165) is 17.9 Å². The van der Waals surface area contributed by atoms with Crippen LogP contribution in [0.5, 0.6) is 0 Å². The Balaban J connectivity index is 2.19. The van der Waals surface area contributed by atoms with Crippen molar-refractivity contribution < 1.29 is 0 Å². The third-order valence-corrected chi connectivity index (χ3v) is 4.06. The molecule has 2 rings (SSSR count). The quantitative estimate of drug-likeness (QED) is 0.839. The Morgan fingerprint density at radius 2 is 1.70 bits per heavy atom. The van der Waals surface area contributed by atoms with E-state index >= 15 is 0 Å². The lowest BCUT2D eigenvalue weighted by molar-refractivity contribution is 0.589. The smallest absolute Gasteiger partial charge is 0.0408 e. The van der Waals surface area contributed by atoms with Gasteiger partial charge in [-0.15, -0.1) is 0 Å². The van der Waals surface area contributed by atoms with Crippen LogP contribution in [0.1, 0.15) is 35.2 Å². The number of benzene rings is 2. The van der Waals surface area contributed by atoms with Crippen molar-refractivity contribution in [2.45, 2.75) is 32.7 Å². The lowest BCUT2D eigenvalue weighted by atomic mass is 9.95. The number of nitrogens with one attached hydrogen (secondary N) is 1. The van der Waals surface area contributed by atoms with Crippen molar-refractivity contribution in [3.05, 3.63) is 69.7 Å². The summed E-state index contributed by atoms with van der Waals surface area (Å²) in [4.78, 5) is 0. The first-order chi connectivity index (χ1) is 9.63. The third-order valence-electron chi connectivity index (χ3n) is 3.83. The highest BCUT2D eigenvalue weighted by atomic mass is 35.5. The lowest BCUT2D eigenvalue weighted by Crippen LogP contribution is -2.19. The molecule has 2 aromatic rings. The highest BCUT2D eigenvalue weighted by molar-refractivity contribution is 6.30. The van der Waals surface area contributed by atoms with Gasteiger partial charge in [0.05, 0.1) is 0 Å². The number of likely N-dealkylation sites (N-methyl/N-ethyl adjacent to an activating group) is 1. The van der Waals surface area contributed by atoms with Crippen molar-refractivity contribution in [1.29, 1.82) is 0 Å². The predicted molar refractivity (Wildman–Crippen MR) is 87.5 cm³/mol. The van der Waals surface area contributed by atoms with E-state index in [4.69, 9.17) is 11.6 Å². The van der Waals surface area contributed by atoms with Crippen molar-refractivity contribution in [2.24, 2.45) is 0 Å². The van der Waals surface area contributed by atoms with Crippen molar-refractivity contribution >= 4 is 11.6 Å². The van der Waals surface area contributed by atoms with Crippen LogP contribution in [0.4, 0.5) is 0 Å². The van der Waals surface area contributed by atoms with Gasteiger partial charge in [0, 0.05) is 11.1 Å². The summed E-state index contributed by atoms with van der Waals surface area (Å²) in [5.41, 5.74) is 5.30. The molecule has 1 atom stereocenters. The van der Waals surface area contributed by atoms with E-state index in [2.05, 4.69) is 49.5 Å². The van der Waals surface area contributed by atoms with Gasteiger partial charge in [0.25, 0.3) is 0 Å². The van der Waals surface area contributed by atoms with Gasteiger partial charge in [-0.25, -0.2) is 0 Å². The van der Waals surface area contributed by atoms with Crippen molar-refractivity contribution in [3.8, 4) is 0 Å². The fourth-order valence-electron chi connectivity index (χ4n) is 2.54. The van der Waals surface area contributed by atoms with Crippen molar-refractivity contribution in [3.63, 3.8) is 0 Å². The second-order valence-corrected chi connectivity index (χ2v) is 5.65. The largest absolute Gasteiger partial charge is 0.313 e. The van der Waals surface area contributed by atoms with Gasteiger partial charge in [0.15, 0.2) is 0 Å². The molecule has 0 saturated carbocycles. The van der Waals surface area contributed by atoms with Gasteiger partial charge in [-0.05, 0) is 61.2 Å². The minimum Gasteiger partial charge on any atom is -0.313 e. The van der Waals surface area contributed by atoms with Crippen LogP contribution in [0.2, 0.25) is 5.02 Å². The highest BCUT2D eigenvalue weighted by Gasteiger charge is 2.12. The first-order valence-corrected chi connectivity index (χ1v) is 7.53. The van der Waals surface area contributed by atoms with E-state index in [0.29, 0.717) is 6.04 Å². The number of hydrogen-bond acceptors (Lipinski definition) is 1. The molecule has 0 spiro atoms. The van der Waals surface area contributed by atoms with Crippen LogP contribution in [0, 0.1) is 6.92 Å². The molecule has 0 saturated heterocycles. The molecule has 0 aliphatic rings. The molecule has 106 valence electrons. The zero-order valence-corrected chi connectivity index (χ0v) is 13.2. The molecule has 0 bridgehead atoms. The Morgan fingerprint density at radius 3 is 2.25 bits per heavy atom. The van der Waals surface area contributed by atoms with E-state index in [9.17, 15) is 0 Å². The lowest BCUT2D eigenvalue weighted by Gasteiger charge is -2.19. The fraction of sp³-hybridized carbons (Fsp3) is 0.333. The Labute approximate surface area is 127 Å². The van der Waals surface area contributed by atoms with E-state index in [1.165, 1.54) is 22.3 Å². The topological polar surface area (TPSA) is 12.0 Å². The minimum atomic E-state index is 0.319. The van der Waals surface area contributed by atoms with Crippen LogP contribution in [-0.2, 0) is 12.8 Å². The molecular formula is C18H22ClN. The standard InChI is InChI=1S/C18H22ClN/c1-4-14-5-7-15(8-6-14)12-18(20-3)17-10-9-16(19)11-13(17)2/h5-11,18,20H,4,12H2,1-3H3. The monoisotopic (exact) mass is 287 g/mol. The molecule has 0 aliphatic heterocycles. The highest BCUT2D eigenvalue weighted by Crippen LogP contribution is 2.24. The van der Waals surface area contributed by atoms with Gasteiger partial charge >= 0.3 is 0 Å². The second-order valence-electron chi connectivity index (χ2n) is 5.22. The van der Waals surface area contributed by atoms with E-state index in [1.807, 2.05) is 19.2 Å². The second kappa shape index (κ2) is 6.92. The molecule has 2 heteroatoms. The molecule has 1 N–H and O–H groups in total. The summed E-state index contributed by atoms with van der Waals surface area (Å²) in [6, 6.07) is 15.3. The van der Waals surface area contributed by atoms with Gasteiger partial charge in [0.1, 0.15) is 0 Å². The molecule has 0 fully saturated rings. The number of hydrogen-bond donors (Lipinski definition) is 1. The predicted octanol–water partition coefficient (Wildman–Crippen LogP) is 4.71. The van der Waals surface area contributed by atoms with E-state index < -0.39 is 0 Å². The molecule has 1 nitrogen and oxygen atoms in total. The molecule has 0 aromatic heterocycles. The van der Waals surface area contributed by atoms with Crippen LogP contribution < -0.4 is 5.32 Å². The molecule has 0 radical (unpaired) electrons. The average Bonchev–Trinajstić information content (AvgIpc) is 2.46. The third kappa shape index (κ3) is 3.62. The molecule has 0 amide bonds. The summed E-state index contributed by atoms with van der Waals surface area (Å²) in [7, 11) is 2.01. The summed E-state index contributed by atoms with van der Waals surface area (Å²) >= 11 is 6.04. The first kappa shape index (κ1) is 15.1. The fourth-order valence-corrected chi connectivity index (χ4v) is 2.77. The molecule has 1 unspecified atom stereocenters. The van der Waals surface area contributed by atoms with E-state index in [-0.39, 0.29) is 0 Å². The van der Waals surface area contributed by atoms with Crippen LogP contribution >= 0.6 is 11.6 Å². The first-order valence-electron chi connectivity index (χ1n) is 7.15. The van der Waals surface area contributed by atoms with Crippen molar-refractivity contribution in [2.75, 3.05) is 7.05 Å². The Morgan fingerprint density at radius 1 is 1.05 bits per heavy atom. The zero-order chi connectivity index (χ0) is 14.5. The maximum atomic E-state index is 6.04. The van der Waals surface area contributed by atoms with Crippen molar-refractivity contribution in [1.82, 2.24) is 5.32 Å². The summed E-state index contributed by atoms with van der Waals surface area (Å²) < 4.78 is 0. The maximum Gasteiger partial charge on any atom is 0.0408 e. The number of halogens is 1. The normalized spacial score (nSPS) is 12.4. The SMILES string of the molecule is CCc1ccc(CC(NC)c2ccc(Cl)cc2C)cc1.